The van der Waals surface area contributed by atoms with Gasteiger partial charge in [-0.25, -0.2) is 0 Å². The van der Waals surface area contributed by atoms with Gasteiger partial charge in [0, 0.05) is 28.6 Å². The monoisotopic (exact) mass is 274 g/mol. The second kappa shape index (κ2) is 7.89. The quantitative estimate of drug-likeness (QED) is 0.660. The minimum atomic E-state index is -1.07. The third-order valence-corrected chi connectivity index (χ3v) is 4.71. The zero-order chi connectivity index (χ0) is 13.5. The fraction of sp³-hybridized carbons (Fsp3) is 0.923. The summed E-state index contributed by atoms with van der Waals surface area (Å²) in [6.45, 7) is 7.23. The van der Waals surface area contributed by atoms with Crippen LogP contribution in [0.5, 0.6) is 0 Å². The molecule has 1 aliphatic carbocycles. The molecule has 1 saturated carbocycles. The van der Waals surface area contributed by atoms with Gasteiger partial charge >= 0.3 is 0 Å². The van der Waals surface area contributed by atoms with Crippen LogP contribution in [0.15, 0.2) is 0 Å². The second-order valence-corrected chi connectivity index (χ2v) is 6.64. The Morgan fingerprint density at radius 2 is 2.06 bits per heavy atom. The maximum Gasteiger partial charge on any atom is 0.232 e. The predicted octanol–water partition coefficient (Wildman–Crippen LogP) is 1.04. The minimum absolute atomic E-state index is 0.0600. The highest BCUT2D eigenvalue weighted by molar-refractivity contribution is 7.85. The number of rotatable bonds is 9. The first-order chi connectivity index (χ1) is 8.56. The molecule has 4 nitrogen and oxygen atoms in total. The molecular weight excluding hydrogens is 248 g/mol. The third-order valence-electron chi connectivity index (χ3n) is 3.40. The Kier molecular flexibility index (Phi) is 6.86. The van der Waals surface area contributed by atoms with E-state index in [1.807, 2.05) is 0 Å². The van der Waals surface area contributed by atoms with Gasteiger partial charge < -0.3 is 10.6 Å². The fourth-order valence-electron chi connectivity index (χ4n) is 1.87. The van der Waals surface area contributed by atoms with E-state index in [1.165, 1.54) is 0 Å². The number of hydrogen-bond acceptors (Lipinski definition) is 3. The molecule has 3 unspecified atom stereocenters. The maximum atomic E-state index is 12.0. The Balaban J connectivity index is 2.32. The van der Waals surface area contributed by atoms with Gasteiger partial charge in [-0.3, -0.25) is 9.00 Å². The first-order valence-electron chi connectivity index (χ1n) is 6.94. The van der Waals surface area contributed by atoms with Crippen LogP contribution in [0.25, 0.3) is 0 Å². The Morgan fingerprint density at radius 3 is 2.56 bits per heavy atom. The first kappa shape index (κ1) is 15.6. The van der Waals surface area contributed by atoms with Crippen LogP contribution in [-0.2, 0) is 15.6 Å². The van der Waals surface area contributed by atoms with Crippen LogP contribution in [0, 0.1) is 5.92 Å². The molecule has 5 heteroatoms. The summed E-state index contributed by atoms with van der Waals surface area (Å²) in [5.74, 6) is 1.14. The zero-order valence-corrected chi connectivity index (χ0v) is 12.5. The minimum Gasteiger partial charge on any atom is -0.353 e. The van der Waals surface area contributed by atoms with Crippen molar-refractivity contribution in [3.05, 3.63) is 0 Å². The van der Waals surface area contributed by atoms with Crippen LogP contribution in [-0.4, -0.2) is 40.3 Å². The van der Waals surface area contributed by atoms with Crippen molar-refractivity contribution < 1.29 is 9.00 Å². The standard InChI is InChI=1S/C13H26N2O2S/c1-4-10(3)12(14-5-2)8-18(17)9-13(16)15-11-6-7-11/h10-12,14H,4-9H2,1-3H3,(H,15,16). The molecule has 0 radical (unpaired) electrons. The molecular formula is C13H26N2O2S. The van der Waals surface area contributed by atoms with Gasteiger partial charge in [0.1, 0.15) is 5.75 Å². The predicted molar refractivity (Wildman–Crippen MR) is 76.0 cm³/mol. The van der Waals surface area contributed by atoms with Gasteiger partial charge in [-0.15, -0.1) is 0 Å². The van der Waals surface area contributed by atoms with Gasteiger partial charge in [-0.1, -0.05) is 27.2 Å². The van der Waals surface area contributed by atoms with Gasteiger partial charge in [-0.05, 0) is 25.3 Å². The van der Waals surface area contributed by atoms with E-state index in [9.17, 15) is 9.00 Å². The lowest BCUT2D eigenvalue weighted by molar-refractivity contribution is -0.118. The van der Waals surface area contributed by atoms with Gasteiger partial charge in [0.15, 0.2) is 0 Å². The van der Waals surface area contributed by atoms with E-state index in [0.29, 0.717) is 17.7 Å². The smallest absolute Gasteiger partial charge is 0.232 e. The van der Waals surface area contributed by atoms with Crippen LogP contribution in [0.4, 0.5) is 0 Å². The van der Waals surface area contributed by atoms with Crippen LogP contribution in [0.1, 0.15) is 40.0 Å². The summed E-state index contributed by atoms with van der Waals surface area (Å²) in [5, 5.41) is 6.25. The van der Waals surface area contributed by atoms with Crippen molar-refractivity contribution in [2.24, 2.45) is 5.92 Å². The number of carbonyl (C=O) groups excluding carboxylic acids is 1. The fourth-order valence-corrected chi connectivity index (χ4v) is 3.21. The summed E-state index contributed by atoms with van der Waals surface area (Å²) in [7, 11) is -1.07. The molecule has 0 aromatic carbocycles. The van der Waals surface area contributed by atoms with Gasteiger partial charge in [0.2, 0.25) is 5.91 Å². The summed E-state index contributed by atoms with van der Waals surface area (Å²) in [6, 6.07) is 0.600. The van der Waals surface area contributed by atoms with E-state index >= 15 is 0 Å². The molecule has 0 aromatic rings. The molecule has 2 N–H and O–H groups in total. The van der Waals surface area contributed by atoms with Crippen LogP contribution in [0.3, 0.4) is 0 Å². The molecule has 1 fully saturated rings. The highest BCUT2D eigenvalue weighted by Gasteiger charge is 2.25. The molecule has 0 aromatic heterocycles. The summed E-state index contributed by atoms with van der Waals surface area (Å²) in [6.07, 6.45) is 3.21. The van der Waals surface area contributed by atoms with Gasteiger partial charge in [0.05, 0.1) is 0 Å². The summed E-state index contributed by atoms with van der Waals surface area (Å²) in [4.78, 5) is 11.6. The second-order valence-electron chi connectivity index (χ2n) is 5.14. The number of carbonyl (C=O) groups is 1. The lowest BCUT2D eigenvalue weighted by atomic mass is 10.0. The number of amides is 1. The van der Waals surface area contributed by atoms with E-state index in [4.69, 9.17) is 0 Å². The van der Waals surface area contributed by atoms with Crippen molar-refractivity contribution in [2.45, 2.75) is 52.1 Å². The zero-order valence-electron chi connectivity index (χ0n) is 11.7. The topological polar surface area (TPSA) is 58.2 Å². The Bertz CT molecular complexity index is 293. The summed E-state index contributed by atoms with van der Waals surface area (Å²) < 4.78 is 12.0. The number of hydrogen-bond donors (Lipinski definition) is 2. The third kappa shape index (κ3) is 5.96. The lowest BCUT2D eigenvalue weighted by Gasteiger charge is -2.23. The van der Waals surface area contributed by atoms with E-state index in [-0.39, 0.29) is 17.7 Å². The molecule has 0 saturated heterocycles. The molecule has 1 rings (SSSR count). The highest BCUT2D eigenvalue weighted by atomic mass is 32.2. The lowest BCUT2D eigenvalue weighted by Crippen LogP contribution is -2.41. The molecule has 106 valence electrons. The van der Waals surface area contributed by atoms with Crippen molar-refractivity contribution in [1.29, 1.82) is 0 Å². The molecule has 3 atom stereocenters. The molecule has 0 bridgehead atoms. The first-order valence-corrected chi connectivity index (χ1v) is 8.43. The van der Waals surface area contributed by atoms with Crippen molar-refractivity contribution in [1.82, 2.24) is 10.6 Å². The van der Waals surface area contributed by atoms with Crippen molar-refractivity contribution in [3.63, 3.8) is 0 Å². The Morgan fingerprint density at radius 1 is 1.39 bits per heavy atom. The van der Waals surface area contributed by atoms with E-state index in [2.05, 4.69) is 31.4 Å². The van der Waals surface area contributed by atoms with E-state index in [1.54, 1.807) is 0 Å². The molecule has 1 amide bonds. The van der Waals surface area contributed by atoms with E-state index in [0.717, 1.165) is 25.8 Å². The summed E-state index contributed by atoms with van der Waals surface area (Å²) in [5.41, 5.74) is 0. The van der Waals surface area contributed by atoms with E-state index < -0.39 is 10.8 Å². The largest absolute Gasteiger partial charge is 0.353 e. The normalized spacial score (nSPS) is 20.2. The van der Waals surface area contributed by atoms with Gasteiger partial charge in [0.25, 0.3) is 0 Å². The Hall–Kier alpha value is -0.420. The highest BCUT2D eigenvalue weighted by Crippen LogP contribution is 2.18. The maximum absolute atomic E-state index is 12.0. The van der Waals surface area contributed by atoms with Crippen LogP contribution >= 0.6 is 0 Å². The van der Waals surface area contributed by atoms with Crippen LogP contribution < -0.4 is 10.6 Å². The molecule has 0 heterocycles. The SMILES string of the molecule is CCNC(CS(=O)CC(=O)NC1CC1)C(C)CC. The van der Waals surface area contributed by atoms with Crippen molar-refractivity contribution in [2.75, 3.05) is 18.1 Å². The molecule has 18 heavy (non-hydrogen) atoms. The van der Waals surface area contributed by atoms with Gasteiger partial charge in [-0.2, -0.15) is 0 Å². The summed E-state index contributed by atoms with van der Waals surface area (Å²) >= 11 is 0. The molecule has 1 aliphatic rings. The van der Waals surface area contributed by atoms with Crippen molar-refractivity contribution in [3.8, 4) is 0 Å². The van der Waals surface area contributed by atoms with Crippen LogP contribution in [0.2, 0.25) is 0 Å². The molecule has 0 aliphatic heterocycles. The van der Waals surface area contributed by atoms with Crippen molar-refractivity contribution >= 4 is 16.7 Å². The number of nitrogens with one attached hydrogen (secondary N) is 2. The Labute approximate surface area is 113 Å². The average molecular weight is 274 g/mol. The molecule has 0 spiro atoms. The average Bonchev–Trinajstić information content (AvgIpc) is 3.10.